The summed E-state index contributed by atoms with van der Waals surface area (Å²) in [6, 6.07) is -0.940. The van der Waals surface area contributed by atoms with Gasteiger partial charge in [-0.1, -0.05) is 19.3 Å². The Morgan fingerprint density at radius 2 is 1.90 bits per heavy atom. The maximum Gasteiger partial charge on any atom is 0.406 e. The van der Waals surface area contributed by atoms with Gasteiger partial charge in [-0.05, 0) is 24.7 Å². The predicted octanol–water partition coefficient (Wildman–Crippen LogP) is 3.09. The van der Waals surface area contributed by atoms with Crippen LogP contribution in [0, 0.1) is 5.41 Å². The molecule has 0 bridgehead atoms. The van der Waals surface area contributed by atoms with Crippen LogP contribution in [0.25, 0.3) is 0 Å². The van der Waals surface area contributed by atoms with Gasteiger partial charge in [0.15, 0.2) is 5.13 Å². The van der Waals surface area contributed by atoms with Gasteiger partial charge in [0, 0.05) is 31.0 Å². The smallest absolute Gasteiger partial charge is 0.344 e. The van der Waals surface area contributed by atoms with Crippen LogP contribution in [0.5, 0.6) is 0 Å². The molecule has 0 spiro atoms. The van der Waals surface area contributed by atoms with Crippen molar-refractivity contribution in [1.29, 1.82) is 0 Å². The van der Waals surface area contributed by atoms with E-state index in [-0.39, 0.29) is 31.7 Å². The van der Waals surface area contributed by atoms with Crippen molar-refractivity contribution < 1.29 is 27.6 Å². The molecule has 1 saturated carbocycles. The second-order valence-electron chi connectivity index (χ2n) is 8.08. The third-order valence-electron chi connectivity index (χ3n) is 5.67. The summed E-state index contributed by atoms with van der Waals surface area (Å²) < 4.78 is 37.7. The van der Waals surface area contributed by atoms with Crippen LogP contribution in [0.1, 0.15) is 51.4 Å². The van der Waals surface area contributed by atoms with E-state index in [2.05, 4.69) is 15.6 Å². The maximum absolute atomic E-state index is 12.7. The van der Waals surface area contributed by atoms with Crippen molar-refractivity contribution in [3.05, 3.63) is 11.6 Å². The zero-order chi connectivity index (χ0) is 21.8. The van der Waals surface area contributed by atoms with E-state index in [0.29, 0.717) is 18.0 Å². The first kappa shape index (κ1) is 22.5. The van der Waals surface area contributed by atoms with E-state index in [1.807, 2.05) is 0 Å². The van der Waals surface area contributed by atoms with Gasteiger partial charge in [-0.2, -0.15) is 13.2 Å². The quantitative estimate of drug-likeness (QED) is 0.673. The van der Waals surface area contributed by atoms with E-state index in [0.717, 1.165) is 24.2 Å². The average molecular weight is 446 g/mol. The topological polar surface area (TPSA) is 91.4 Å². The molecule has 1 aliphatic heterocycles. The van der Waals surface area contributed by atoms with Crippen LogP contribution >= 0.6 is 11.3 Å². The standard InChI is InChI=1S/C19H25F3N4O3S/c20-19(21,22)12-26-8-4-13(16(26)29)24-14(27)10-18(5-2-1-3-6-18)11-15(28)25-17-23-7-9-30-17/h7,9,13H,1-6,8,10-12H2,(H,24,27)(H,23,25,28). The van der Waals surface area contributed by atoms with E-state index in [1.165, 1.54) is 11.3 Å². The Hall–Kier alpha value is -2.17. The molecular formula is C19H25F3N4O3S. The molecule has 3 rings (SSSR count). The number of carbonyl (C=O) groups excluding carboxylic acids is 3. The lowest BCUT2D eigenvalue weighted by atomic mass is 9.69. The molecule has 11 heteroatoms. The summed E-state index contributed by atoms with van der Waals surface area (Å²) in [4.78, 5) is 42.1. The first-order valence-electron chi connectivity index (χ1n) is 10.0. The van der Waals surface area contributed by atoms with Gasteiger partial charge in [0.05, 0.1) is 0 Å². The number of hydrogen-bond donors (Lipinski definition) is 2. The van der Waals surface area contributed by atoms with E-state index >= 15 is 0 Å². The summed E-state index contributed by atoms with van der Waals surface area (Å²) in [6.45, 7) is -1.34. The molecule has 2 fully saturated rings. The van der Waals surface area contributed by atoms with Crippen molar-refractivity contribution in [3.63, 3.8) is 0 Å². The molecule has 1 aromatic rings. The van der Waals surface area contributed by atoms with E-state index < -0.39 is 36.0 Å². The molecule has 1 unspecified atom stereocenters. The fourth-order valence-electron chi connectivity index (χ4n) is 4.34. The van der Waals surface area contributed by atoms with E-state index in [4.69, 9.17) is 0 Å². The SMILES string of the molecule is O=C(CC1(CC(=O)NC2CCN(CC(F)(F)F)C2=O)CCCCC1)Nc1nccs1. The molecule has 7 nitrogen and oxygen atoms in total. The van der Waals surface area contributed by atoms with Crippen molar-refractivity contribution in [2.45, 2.75) is 63.6 Å². The highest BCUT2D eigenvalue weighted by molar-refractivity contribution is 7.13. The molecule has 2 heterocycles. The average Bonchev–Trinajstić information content (AvgIpc) is 3.26. The van der Waals surface area contributed by atoms with Crippen LogP contribution in [-0.2, 0) is 14.4 Å². The highest BCUT2D eigenvalue weighted by atomic mass is 32.1. The van der Waals surface area contributed by atoms with Crippen LogP contribution in [-0.4, -0.2) is 52.9 Å². The highest BCUT2D eigenvalue weighted by Gasteiger charge is 2.41. The number of nitrogens with zero attached hydrogens (tertiary/aromatic N) is 2. The molecule has 0 radical (unpaired) electrons. The molecule has 3 amide bonds. The van der Waals surface area contributed by atoms with Gasteiger partial charge in [-0.25, -0.2) is 4.98 Å². The normalized spacial score (nSPS) is 21.5. The minimum absolute atomic E-state index is 0.0371. The number of likely N-dealkylation sites (tertiary alicyclic amines) is 1. The summed E-state index contributed by atoms with van der Waals surface area (Å²) in [7, 11) is 0. The van der Waals surface area contributed by atoms with Crippen molar-refractivity contribution in [2.75, 3.05) is 18.4 Å². The van der Waals surface area contributed by atoms with Gasteiger partial charge >= 0.3 is 6.18 Å². The van der Waals surface area contributed by atoms with Crippen LogP contribution < -0.4 is 10.6 Å². The molecule has 1 saturated heterocycles. The summed E-state index contributed by atoms with van der Waals surface area (Å²) in [5, 5.41) is 7.59. The number of hydrogen-bond acceptors (Lipinski definition) is 5. The van der Waals surface area contributed by atoms with Gasteiger partial charge in [0.2, 0.25) is 17.7 Å². The van der Waals surface area contributed by atoms with Crippen LogP contribution in [0.2, 0.25) is 0 Å². The Morgan fingerprint density at radius 3 is 2.53 bits per heavy atom. The van der Waals surface area contributed by atoms with E-state index in [9.17, 15) is 27.6 Å². The molecular weight excluding hydrogens is 421 g/mol. The van der Waals surface area contributed by atoms with Crippen molar-refractivity contribution in [2.24, 2.45) is 5.41 Å². The summed E-state index contributed by atoms with van der Waals surface area (Å²) in [5.74, 6) is -1.32. The zero-order valence-corrected chi connectivity index (χ0v) is 17.3. The summed E-state index contributed by atoms with van der Waals surface area (Å²) in [6.07, 6.45) is 1.77. The van der Waals surface area contributed by atoms with Gasteiger partial charge in [0.25, 0.3) is 0 Å². The number of aromatic nitrogens is 1. The Bertz CT molecular complexity index is 764. The number of alkyl halides is 3. The number of rotatable bonds is 7. The molecule has 0 aromatic carbocycles. The minimum Gasteiger partial charge on any atom is -0.344 e. The minimum atomic E-state index is -4.47. The van der Waals surface area contributed by atoms with Gasteiger partial charge in [0.1, 0.15) is 12.6 Å². The van der Waals surface area contributed by atoms with Gasteiger partial charge in [-0.3, -0.25) is 14.4 Å². The van der Waals surface area contributed by atoms with Crippen LogP contribution in [0.4, 0.5) is 18.3 Å². The number of thiazole rings is 1. The monoisotopic (exact) mass is 446 g/mol. The number of nitrogens with one attached hydrogen (secondary N) is 2. The third kappa shape index (κ3) is 6.16. The number of carbonyl (C=O) groups is 3. The molecule has 2 aliphatic rings. The van der Waals surface area contributed by atoms with Gasteiger partial charge < -0.3 is 15.5 Å². The highest BCUT2D eigenvalue weighted by Crippen LogP contribution is 2.42. The largest absolute Gasteiger partial charge is 0.406 e. The van der Waals surface area contributed by atoms with Crippen molar-refractivity contribution >= 4 is 34.2 Å². The second kappa shape index (κ2) is 9.32. The second-order valence-corrected chi connectivity index (χ2v) is 8.98. The number of halogens is 3. The Balaban J connectivity index is 1.57. The number of amides is 3. The Labute approximate surface area is 176 Å². The van der Waals surface area contributed by atoms with Gasteiger partial charge in [-0.15, -0.1) is 11.3 Å². The molecule has 30 heavy (non-hydrogen) atoms. The fraction of sp³-hybridized carbons (Fsp3) is 0.684. The summed E-state index contributed by atoms with van der Waals surface area (Å²) in [5.41, 5.74) is -0.517. The van der Waals surface area contributed by atoms with Crippen LogP contribution in [0.3, 0.4) is 0 Å². The fourth-order valence-corrected chi connectivity index (χ4v) is 4.88. The first-order chi connectivity index (χ1) is 14.2. The summed E-state index contributed by atoms with van der Waals surface area (Å²) >= 11 is 1.31. The molecule has 1 atom stereocenters. The third-order valence-corrected chi connectivity index (χ3v) is 6.36. The lowest BCUT2D eigenvalue weighted by Crippen LogP contribution is -2.45. The van der Waals surface area contributed by atoms with Crippen molar-refractivity contribution in [3.8, 4) is 0 Å². The zero-order valence-electron chi connectivity index (χ0n) is 16.5. The molecule has 1 aliphatic carbocycles. The molecule has 166 valence electrons. The maximum atomic E-state index is 12.7. The van der Waals surface area contributed by atoms with E-state index in [1.54, 1.807) is 11.6 Å². The Morgan fingerprint density at radius 1 is 1.20 bits per heavy atom. The molecule has 1 aromatic heterocycles. The Kier molecular flexibility index (Phi) is 6.99. The molecule has 2 N–H and O–H groups in total. The lowest BCUT2D eigenvalue weighted by Gasteiger charge is -2.36. The number of anilines is 1. The van der Waals surface area contributed by atoms with Crippen LogP contribution in [0.15, 0.2) is 11.6 Å². The van der Waals surface area contributed by atoms with Crippen molar-refractivity contribution in [1.82, 2.24) is 15.2 Å². The lowest BCUT2D eigenvalue weighted by molar-refractivity contribution is -0.158. The first-order valence-corrected chi connectivity index (χ1v) is 10.9. The predicted molar refractivity (Wildman–Crippen MR) is 105 cm³/mol.